The van der Waals surface area contributed by atoms with Gasteiger partial charge in [-0.3, -0.25) is 4.98 Å². The minimum Gasteiger partial charge on any atom is -0.313 e. The van der Waals surface area contributed by atoms with Crippen LogP contribution < -0.4 is 0 Å². The second-order valence-electron chi connectivity index (χ2n) is 7.69. The summed E-state index contributed by atoms with van der Waals surface area (Å²) in [7, 11) is -3.12. The first-order chi connectivity index (χ1) is 14.0. The fourth-order valence-electron chi connectivity index (χ4n) is 4.52. The quantitative estimate of drug-likeness (QED) is 0.521. The number of pyridine rings is 1. The highest BCUT2D eigenvalue weighted by Gasteiger charge is 2.43. The number of hydrogen-bond acceptors (Lipinski definition) is 4. The lowest BCUT2D eigenvalue weighted by Gasteiger charge is -2.33. The van der Waals surface area contributed by atoms with Gasteiger partial charge in [0.1, 0.15) is 5.82 Å². The van der Waals surface area contributed by atoms with Gasteiger partial charge in [-0.1, -0.05) is 48.5 Å². The molecule has 2 aromatic heterocycles. The number of rotatable bonds is 4. The number of fused-ring (bicyclic) bond motifs is 3. The Morgan fingerprint density at radius 1 is 0.966 bits per heavy atom. The lowest BCUT2D eigenvalue weighted by Crippen LogP contribution is -2.33. The summed E-state index contributed by atoms with van der Waals surface area (Å²) in [5.74, 6) is 1.01. The van der Waals surface area contributed by atoms with Crippen LogP contribution in [0, 0.1) is 0 Å². The number of imidazole rings is 1. The Bertz CT molecular complexity index is 1300. The number of aryl methyl sites for hydroxylation is 1. The highest BCUT2D eigenvalue weighted by atomic mass is 32.2. The van der Waals surface area contributed by atoms with Crippen LogP contribution in [0.1, 0.15) is 29.1 Å². The average molecular weight is 404 g/mol. The third-order valence-corrected chi connectivity index (χ3v) is 6.51. The van der Waals surface area contributed by atoms with Gasteiger partial charge in [-0.15, -0.1) is 0 Å². The summed E-state index contributed by atoms with van der Waals surface area (Å²) in [4.78, 5) is 9.37. The van der Waals surface area contributed by atoms with E-state index in [1.165, 1.54) is 11.8 Å². The van der Waals surface area contributed by atoms with Crippen molar-refractivity contribution in [3.05, 3.63) is 95.6 Å². The summed E-state index contributed by atoms with van der Waals surface area (Å²) in [6, 6.07) is 22.5. The lowest BCUT2D eigenvalue weighted by atomic mass is 9.81. The number of sulfone groups is 1. The van der Waals surface area contributed by atoms with Crippen molar-refractivity contribution in [2.24, 2.45) is 0 Å². The molecule has 0 aliphatic carbocycles. The van der Waals surface area contributed by atoms with Crippen LogP contribution in [0.4, 0.5) is 0 Å². The van der Waals surface area contributed by atoms with E-state index in [1.807, 2.05) is 42.6 Å². The van der Waals surface area contributed by atoms with E-state index in [1.54, 1.807) is 0 Å². The number of para-hydroxylation sites is 2. The van der Waals surface area contributed by atoms with Crippen molar-refractivity contribution < 1.29 is 8.42 Å². The zero-order chi connectivity index (χ0) is 20.1. The highest BCUT2D eigenvalue weighted by Crippen LogP contribution is 2.45. The van der Waals surface area contributed by atoms with Gasteiger partial charge in [0.15, 0.2) is 9.84 Å². The van der Waals surface area contributed by atoms with Crippen molar-refractivity contribution >= 4 is 20.9 Å². The summed E-state index contributed by atoms with van der Waals surface area (Å²) in [5, 5.41) is 0. The molecule has 0 spiro atoms. The SMILES string of the molecule is CS(=O)(=O)Cc1ccc(C2(c3ccccc3)CCc3nc4ccccc4n32)cn1. The van der Waals surface area contributed by atoms with Crippen LogP contribution >= 0.6 is 0 Å². The summed E-state index contributed by atoms with van der Waals surface area (Å²) >= 11 is 0. The van der Waals surface area contributed by atoms with Crippen LogP contribution in [0.25, 0.3) is 11.0 Å². The molecular weight excluding hydrogens is 382 g/mol. The van der Waals surface area contributed by atoms with Crippen molar-refractivity contribution in [2.75, 3.05) is 6.26 Å². The van der Waals surface area contributed by atoms with Crippen LogP contribution in [-0.2, 0) is 27.5 Å². The maximum absolute atomic E-state index is 11.6. The van der Waals surface area contributed by atoms with Crippen molar-refractivity contribution in [1.29, 1.82) is 0 Å². The first-order valence-electron chi connectivity index (χ1n) is 9.63. The van der Waals surface area contributed by atoms with E-state index in [0.29, 0.717) is 5.69 Å². The Kier molecular flexibility index (Phi) is 4.06. The molecule has 29 heavy (non-hydrogen) atoms. The standard InChI is InChI=1S/C23H21N3O2S/c1-29(27,28)16-19-12-11-18(15-24-19)23(17-7-3-2-4-8-17)14-13-22-25-20-9-5-6-10-21(20)26(22)23/h2-12,15H,13-14,16H2,1H3. The van der Waals surface area contributed by atoms with E-state index in [-0.39, 0.29) is 5.75 Å². The molecule has 6 heteroatoms. The molecule has 0 N–H and O–H groups in total. The Morgan fingerprint density at radius 2 is 1.72 bits per heavy atom. The molecule has 0 radical (unpaired) electrons. The van der Waals surface area contributed by atoms with E-state index in [0.717, 1.165) is 35.3 Å². The predicted octanol–water partition coefficient (Wildman–Crippen LogP) is 3.71. The fraction of sp³-hybridized carbons (Fsp3) is 0.217. The molecule has 0 amide bonds. The van der Waals surface area contributed by atoms with Crippen molar-refractivity contribution in [3.63, 3.8) is 0 Å². The summed E-state index contributed by atoms with van der Waals surface area (Å²) < 4.78 is 25.6. The van der Waals surface area contributed by atoms with E-state index in [9.17, 15) is 8.42 Å². The van der Waals surface area contributed by atoms with Crippen LogP contribution in [0.15, 0.2) is 72.9 Å². The zero-order valence-corrected chi connectivity index (χ0v) is 16.9. The Hall–Kier alpha value is -2.99. The van der Waals surface area contributed by atoms with Gasteiger partial charge in [0.2, 0.25) is 0 Å². The second kappa shape index (κ2) is 6.52. The zero-order valence-electron chi connectivity index (χ0n) is 16.1. The van der Waals surface area contributed by atoms with Crippen LogP contribution in [0.3, 0.4) is 0 Å². The smallest absolute Gasteiger partial charge is 0.153 e. The third-order valence-electron chi connectivity index (χ3n) is 5.69. The normalized spacial score (nSPS) is 18.8. The molecule has 0 fully saturated rings. The van der Waals surface area contributed by atoms with Gasteiger partial charge < -0.3 is 4.57 Å². The summed E-state index contributed by atoms with van der Waals surface area (Å²) in [5.41, 5.74) is 4.47. The molecular formula is C23H21N3O2S. The van der Waals surface area contributed by atoms with Crippen molar-refractivity contribution in [2.45, 2.75) is 24.1 Å². The number of nitrogens with zero attached hydrogens (tertiary/aromatic N) is 3. The number of hydrogen-bond donors (Lipinski definition) is 0. The Morgan fingerprint density at radius 3 is 2.45 bits per heavy atom. The predicted molar refractivity (Wildman–Crippen MR) is 113 cm³/mol. The topological polar surface area (TPSA) is 64.8 Å². The molecule has 2 aromatic carbocycles. The minimum atomic E-state index is -3.12. The number of benzene rings is 2. The van der Waals surface area contributed by atoms with Crippen LogP contribution in [0.2, 0.25) is 0 Å². The lowest BCUT2D eigenvalue weighted by molar-refractivity contribution is 0.465. The molecule has 0 bridgehead atoms. The fourth-order valence-corrected chi connectivity index (χ4v) is 5.23. The first kappa shape index (κ1) is 18.1. The Balaban J connectivity index is 1.74. The maximum atomic E-state index is 11.6. The number of aromatic nitrogens is 3. The molecule has 3 heterocycles. The van der Waals surface area contributed by atoms with Gasteiger partial charge in [-0.2, -0.15) is 0 Å². The van der Waals surface area contributed by atoms with Gasteiger partial charge in [0.05, 0.1) is 28.0 Å². The van der Waals surface area contributed by atoms with E-state index in [2.05, 4.69) is 39.9 Å². The van der Waals surface area contributed by atoms with Gasteiger partial charge in [-0.25, -0.2) is 13.4 Å². The molecule has 1 atom stereocenters. The molecule has 5 rings (SSSR count). The average Bonchev–Trinajstić information content (AvgIpc) is 3.26. The van der Waals surface area contributed by atoms with Crippen LogP contribution in [0.5, 0.6) is 0 Å². The highest BCUT2D eigenvalue weighted by molar-refractivity contribution is 7.89. The molecule has 1 aliphatic rings. The third kappa shape index (κ3) is 2.95. The largest absolute Gasteiger partial charge is 0.313 e. The second-order valence-corrected chi connectivity index (χ2v) is 9.83. The summed E-state index contributed by atoms with van der Waals surface area (Å²) in [6.45, 7) is 0. The molecule has 0 saturated carbocycles. The molecule has 5 nitrogen and oxygen atoms in total. The van der Waals surface area contributed by atoms with Gasteiger partial charge in [-0.05, 0) is 30.2 Å². The van der Waals surface area contributed by atoms with E-state index >= 15 is 0 Å². The molecule has 0 saturated heterocycles. The Labute approximate surface area is 170 Å². The van der Waals surface area contributed by atoms with E-state index in [4.69, 9.17) is 4.98 Å². The van der Waals surface area contributed by atoms with Crippen molar-refractivity contribution in [3.8, 4) is 0 Å². The van der Waals surface area contributed by atoms with E-state index < -0.39 is 15.4 Å². The van der Waals surface area contributed by atoms with Crippen molar-refractivity contribution in [1.82, 2.24) is 14.5 Å². The van der Waals surface area contributed by atoms with Crippen LogP contribution in [-0.4, -0.2) is 29.2 Å². The molecule has 4 aromatic rings. The van der Waals surface area contributed by atoms with Gasteiger partial charge >= 0.3 is 0 Å². The molecule has 146 valence electrons. The van der Waals surface area contributed by atoms with Gasteiger partial charge in [0, 0.05) is 24.4 Å². The minimum absolute atomic E-state index is 0.0507. The monoisotopic (exact) mass is 403 g/mol. The van der Waals surface area contributed by atoms with Gasteiger partial charge in [0.25, 0.3) is 0 Å². The maximum Gasteiger partial charge on any atom is 0.153 e. The molecule has 1 aliphatic heterocycles. The summed E-state index contributed by atoms with van der Waals surface area (Å²) in [6.07, 6.45) is 4.82. The first-order valence-corrected chi connectivity index (χ1v) is 11.7. The molecule has 1 unspecified atom stereocenters.